The van der Waals surface area contributed by atoms with Crippen LogP contribution in [0.2, 0.25) is 0 Å². The summed E-state index contributed by atoms with van der Waals surface area (Å²) in [6.45, 7) is 5.31. The van der Waals surface area contributed by atoms with Crippen LogP contribution in [-0.2, 0) is 11.3 Å². The zero-order chi connectivity index (χ0) is 20.5. The standard InChI is InChI=1S/C21H22FN3O3/c1-13(2)21(3,20(27)28)23-19(26)18-16-6-4-5-7-17(16)25(24-18)12-14-8-10-15(22)11-9-14/h4-11,13H,12H2,1-3H3,(H,23,26)(H,27,28)/t21-/m0/s1. The maximum atomic E-state index is 13.2. The van der Waals surface area contributed by atoms with Crippen LogP contribution < -0.4 is 5.32 Å². The van der Waals surface area contributed by atoms with E-state index < -0.39 is 17.4 Å². The number of para-hydroxylation sites is 1. The molecule has 0 spiro atoms. The van der Waals surface area contributed by atoms with Crippen LogP contribution in [0.25, 0.3) is 10.9 Å². The van der Waals surface area contributed by atoms with Gasteiger partial charge in [0, 0.05) is 5.39 Å². The molecule has 1 amide bonds. The van der Waals surface area contributed by atoms with E-state index in [1.165, 1.54) is 19.1 Å². The number of halogens is 1. The van der Waals surface area contributed by atoms with E-state index in [1.807, 2.05) is 12.1 Å². The van der Waals surface area contributed by atoms with Crippen molar-refractivity contribution in [3.8, 4) is 0 Å². The molecule has 6 nitrogen and oxygen atoms in total. The first-order valence-corrected chi connectivity index (χ1v) is 8.98. The number of benzene rings is 2. The molecule has 1 atom stereocenters. The third-order valence-corrected chi connectivity index (χ3v) is 5.09. The van der Waals surface area contributed by atoms with Gasteiger partial charge >= 0.3 is 5.97 Å². The van der Waals surface area contributed by atoms with Gasteiger partial charge < -0.3 is 10.4 Å². The van der Waals surface area contributed by atoms with Crippen molar-refractivity contribution in [2.75, 3.05) is 0 Å². The molecule has 2 N–H and O–H groups in total. The molecule has 0 bridgehead atoms. The molecule has 0 saturated heterocycles. The Morgan fingerprint density at radius 1 is 1.18 bits per heavy atom. The minimum absolute atomic E-state index is 0.158. The quantitative estimate of drug-likeness (QED) is 0.683. The second kappa shape index (κ2) is 7.42. The normalized spacial score (nSPS) is 13.5. The zero-order valence-corrected chi connectivity index (χ0v) is 15.9. The summed E-state index contributed by atoms with van der Waals surface area (Å²) in [5.41, 5.74) is 0.308. The number of amides is 1. The highest BCUT2D eigenvalue weighted by Crippen LogP contribution is 2.22. The van der Waals surface area contributed by atoms with Crippen molar-refractivity contribution in [2.45, 2.75) is 32.9 Å². The third kappa shape index (κ3) is 3.60. The maximum Gasteiger partial charge on any atom is 0.329 e. The van der Waals surface area contributed by atoms with Crippen molar-refractivity contribution >= 4 is 22.8 Å². The van der Waals surface area contributed by atoms with Crippen LogP contribution in [-0.4, -0.2) is 32.3 Å². The summed E-state index contributed by atoms with van der Waals surface area (Å²) >= 11 is 0. The average molecular weight is 383 g/mol. The Bertz CT molecular complexity index is 1030. The summed E-state index contributed by atoms with van der Waals surface area (Å²) in [6, 6.07) is 13.3. The van der Waals surface area contributed by atoms with E-state index in [-0.39, 0.29) is 17.4 Å². The molecule has 146 valence electrons. The van der Waals surface area contributed by atoms with E-state index in [0.29, 0.717) is 11.9 Å². The summed E-state index contributed by atoms with van der Waals surface area (Å²) in [4.78, 5) is 24.6. The number of carboxylic acids is 1. The largest absolute Gasteiger partial charge is 0.480 e. The highest BCUT2D eigenvalue weighted by atomic mass is 19.1. The van der Waals surface area contributed by atoms with Crippen molar-refractivity contribution in [1.82, 2.24) is 15.1 Å². The van der Waals surface area contributed by atoms with E-state index in [1.54, 1.807) is 42.8 Å². The lowest BCUT2D eigenvalue weighted by Crippen LogP contribution is -2.56. The van der Waals surface area contributed by atoms with E-state index in [4.69, 9.17) is 0 Å². The Hall–Kier alpha value is -3.22. The van der Waals surface area contributed by atoms with Gasteiger partial charge in [0.2, 0.25) is 0 Å². The van der Waals surface area contributed by atoms with Gasteiger partial charge in [0.25, 0.3) is 5.91 Å². The van der Waals surface area contributed by atoms with Crippen LogP contribution in [0.3, 0.4) is 0 Å². The first kappa shape index (κ1) is 19.5. The lowest BCUT2D eigenvalue weighted by molar-refractivity contribution is -0.145. The molecule has 2 aromatic carbocycles. The van der Waals surface area contributed by atoms with Crippen molar-refractivity contribution in [1.29, 1.82) is 0 Å². The Labute approximate surface area is 162 Å². The van der Waals surface area contributed by atoms with Crippen LogP contribution in [0, 0.1) is 11.7 Å². The van der Waals surface area contributed by atoms with Crippen LogP contribution in [0.1, 0.15) is 36.8 Å². The Kier molecular flexibility index (Phi) is 5.18. The molecule has 3 rings (SSSR count). The van der Waals surface area contributed by atoms with Gasteiger partial charge in [-0.2, -0.15) is 5.10 Å². The second-order valence-corrected chi connectivity index (χ2v) is 7.27. The monoisotopic (exact) mass is 383 g/mol. The van der Waals surface area contributed by atoms with Crippen molar-refractivity contribution in [3.05, 3.63) is 65.6 Å². The summed E-state index contributed by atoms with van der Waals surface area (Å²) in [7, 11) is 0. The zero-order valence-electron chi connectivity index (χ0n) is 15.9. The molecule has 0 saturated carbocycles. The molecule has 0 unspecified atom stereocenters. The molecular formula is C21H22FN3O3. The van der Waals surface area contributed by atoms with Gasteiger partial charge in [0.1, 0.15) is 11.4 Å². The minimum atomic E-state index is -1.42. The second-order valence-electron chi connectivity index (χ2n) is 7.27. The van der Waals surface area contributed by atoms with Crippen LogP contribution in [0.5, 0.6) is 0 Å². The summed E-state index contributed by atoms with van der Waals surface area (Å²) in [5, 5.41) is 17.2. The SMILES string of the molecule is CC(C)[C@](C)(NC(=O)c1nn(Cc2ccc(F)cc2)c2ccccc12)C(=O)O. The molecule has 0 aliphatic heterocycles. The summed E-state index contributed by atoms with van der Waals surface area (Å²) in [6.07, 6.45) is 0. The van der Waals surface area contributed by atoms with Gasteiger partial charge in [-0.05, 0) is 36.6 Å². The van der Waals surface area contributed by atoms with Crippen LogP contribution in [0.15, 0.2) is 48.5 Å². The van der Waals surface area contributed by atoms with E-state index in [2.05, 4.69) is 10.4 Å². The number of hydrogen-bond donors (Lipinski definition) is 2. The highest BCUT2D eigenvalue weighted by molar-refractivity contribution is 6.06. The number of nitrogens with zero attached hydrogens (tertiary/aromatic N) is 2. The number of carbonyl (C=O) groups excluding carboxylic acids is 1. The van der Waals surface area contributed by atoms with Gasteiger partial charge in [0.15, 0.2) is 5.69 Å². The van der Waals surface area contributed by atoms with Gasteiger partial charge in [-0.25, -0.2) is 9.18 Å². The fraction of sp³-hybridized carbons (Fsp3) is 0.286. The van der Waals surface area contributed by atoms with Gasteiger partial charge in [-0.3, -0.25) is 9.48 Å². The molecule has 1 heterocycles. The average Bonchev–Trinajstić information content (AvgIpc) is 3.02. The number of fused-ring (bicyclic) bond motifs is 1. The fourth-order valence-corrected chi connectivity index (χ4v) is 2.92. The first-order valence-electron chi connectivity index (χ1n) is 8.98. The molecule has 0 aliphatic rings. The third-order valence-electron chi connectivity index (χ3n) is 5.09. The molecule has 0 fully saturated rings. The number of carboxylic acid groups (broad SMARTS) is 1. The van der Waals surface area contributed by atoms with Crippen molar-refractivity contribution in [2.24, 2.45) is 5.92 Å². The molecular weight excluding hydrogens is 361 g/mol. The van der Waals surface area contributed by atoms with E-state index >= 15 is 0 Å². The molecule has 3 aromatic rings. The number of carbonyl (C=O) groups is 2. The molecule has 7 heteroatoms. The fourth-order valence-electron chi connectivity index (χ4n) is 2.92. The van der Waals surface area contributed by atoms with Crippen molar-refractivity contribution in [3.63, 3.8) is 0 Å². The number of aromatic nitrogens is 2. The van der Waals surface area contributed by atoms with Crippen LogP contribution >= 0.6 is 0 Å². The smallest absolute Gasteiger partial charge is 0.329 e. The van der Waals surface area contributed by atoms with Gasteiger partial charge in [-0.15, -0.1) is 0 Å². The predicted molar refractivity (Wildman–Crippen MR) is 104 cm³/mol. The maximum absolute atomic E-state index is 13.2. The van der Waals surface area contributed by atoms with E-state index in [0.717, 1.165) is 11.1 Å². The van der Waals surface area contributed by atoms with Gasteiger partial charge in [-0.1, -0.05) is 44.2 Å². The molecule has 0 aliphatic carbocycles. The van der Waals surface area contributed by atoms with E-state index in [9.17, 15) is 19.1 Å². The predicted octanol–water partition coefficient (Wildman–Crippen LogP) is 3.45. The van der Waals surface area contributed by atoms with Gasteiger partial charge in [0.05, 0.1) is 12.1 Å². The Balaban J connectivity index is 1.99. The molecule has 0 radical (unpaired) electrons. The lowest BCUT2D eigenvalue weighted by Gasteiger charge is -2.29. The number of nitrogens with one attached hydrogen (secondary N) is 1. The minimum Gasteiger partial charge on any atom is -0.480 e. The highest BCUT2D eigenvalue weighted by Gasteiger charge is 2.39. The van der Waals surface area contributed by atoms with Crippen LogP contribution in [0.4, 0.5) is 4.39 Å². The van der Waals surface area contributed by atoms with Crippen molar-refractivity contribution < 1.29 is 19.1 Å². The summed E-state index contributed by atoms with van der Waals surface area (Å²) < 4.78 is 14.8. The number of hydrogen-bond acceptors (Lipinski definition) is 3. The summed E-state index contributed by atoms with van der Waals surface area (Å²) in [5.74, 6) is -2.30. The Morgan fingerprint density at radius 3 is 2.43 bits per heavy atom. The lowest BCUT2D eigenvalue weighted by atomic mass is 9.88. The molecule has 1 aromatic heterocycles. The Morgan fingerprint density at radius 2 is 1.82 bits per heavy atom. The molecule has 28 heavy (non-hydrogen) atoms. The topological polar surface area (TPSA) is 84.2 Å². The number of rotatable bonds is 6. The number of aliphatic carboxylic acids is 1. The first-order chi connectivity index (χ1) is 13.2.